The van der Waals surface area contributed by atoms with Gasteiger partial charge in [-0.15, -0.1) is 0 Å². The Morgan fingerprint density at radius 2 is 1.85 bits per heavy atom. The highest BCUT2D eigenvalue weighted by Crippen LogP contribution is 2.27. The number of rotatable bonds is 3. The second-order valence-electron chi connectivity index (χ2n) is 7.77. The van der Waals surface area contributed by atoms with E-state index in [0.29, 0.717) is 12.3 Å². The number of benzene rings is 1. The number of ketones is 1. The third-order valence-electron chi connectivity index (χ3n) is 5.56. The molecule has 0 spiro atoms. The average molecular weight is 351 g/mol. The molecule has 1 aliphatic heterocycles. The first-order valence-electron chi connectivity index (χ1n) is 9.63. The second kappa shape index (κ2) is 7.16. The van der Waals surface area contributed by atoms with Gasteiger partial charge in [0, 0.05) is 12.0 Å². The summed E-state index contributed by atoms with van der Waals surface area (Å²) in [6.07, 6.45) is 1.51. The number of piperazine rings is 1. The number of aromatic nitrogens is 2. The molecule has 2 heterocycles. The van der Waals surface area contributed by atoms with Crippen LogP contribution in [0.15, 0.2) is 30.3 Å². The first kappa shape index (κ1) is 17.2. The summed E-state index contributed by atoms with van der Waals surface area (Å²) in [7, 11) is 0. The van der Waals surface area contributed by atoms with Crippen molar-refractivity contribution in [1.29, 1.82) is 0 Å². The van der Waals surface area contributed by atoms with Crippen molar-refractivity contribution < 1.29 is 9.69 Å². The number of carbonyl (C=O) groups excluding carboxylic acids is 1. The van der Waals surface area contributed by atoms with Crippen molar-refractivity contribution in [1.82, 2.24) is 9.97 Å². The van der Waals surface area contributed by atoms with E-state index in [9.17, 15) is 4.79 Å². The normalized spacial score (nSPS) is 20.9. The minimum absolute atomic E-state index is 0.208. The van der Waals surface area contributed by atoms with Gasteiger partial charge in [0.05, 0.1) is 43.1 Å². The van der Waals surface area contributed by atoms with Crippen LogP contribution in [0, 0.1) is 12.8 Å². The average Bonchev–Trinajstić information content (AvgIpc) is 2.62. The highest BCUT2D eigenvalue weighted by Gasteiger charge is 2.29. The van der Waals surface area contributed by atoms with Crippen LogP contribution in [-0.2, 0) is 13.0 Å². The molecule has 1 fully saturated rings. The third kappa shape index (κ3) is 3.49. The van der Waals surface area contributed by atoms with Gasteiger partial charge in [-0.2, -0.15) is 0 Å². The standard InChI is InChI=1S/C21H26N4O/c1-15-12-18-20(19(26)13-15)16(2)22-21(23-18)25-10-8-24(9-11-25)14-17-6-4-3-5-7-17/h3-7,15H,8-14H2,1-2H3/p+1/t15-/m1/s1. The number of aryl methyl sites for hydroxylation is 1. The summed E-state index contributed by atoms with van der Waals surface area (Å²) in [5, 5.41) is 0. The van der Waals surface area contributed by atoms with Crippen molar-refractivity contribution in [3.05, 3.63) is 52.8 Å². The Morgan fingerprint density at radius 1 is 1.12 bits per heavy atom. The van der Waals surface area contributed by atoms with E-state index in [2.05, 4.69) is 47.1 Å². The third-order valence-corrected chi connectivity index (χ3v) is 5.56. The quantitative estimate of drug-likeness (QED) is 0.910. The molecule has 5 heteroatoms. The number of quaternary nitrogens is 1. The highest BCUT2D eigenvalue weighted by atomic mass is 16.1. The minimum Gasteiger partial charge on any atom is -0.330 e. The predicted octanol–water partition coefficient (Wildman–Crippen LogP) is 1.46. The van der Waals surface area contributed by atoms with Crippen LogP contribution in [0.2, 0.25) is 0 Å². The molecule has 1 atom stereocenters. The smallest absolute Gasteiger partial charge is 0.226 e. The Hall–Kier alpha value is -2.27. The van der Waals surface area contributed by atoms with Crippen molar-refractivity contribution in [3.8, 4) is 0 Å². The maximum atomic E-state index is 12.3. The molecule has 4 rings (SSSR count). The fraction of sp³-hybridized carbons (Fsp3) is 0.476. The fourth-order valence-corrected chi connectivity index (χ4v) is 4.17. The fourth-order valence-electron chi connectivity index (χ4n) is 4.17. The maximum Gasteiger partial charge on any atom is 0.226 e. The Kier molecular flexibility index (Phi) is 4.72. The molecule has 0 bridgehead atoms. The molecule has 2 aliphatic rings. The largest absolute Gasteiger partial charge is 0.330 e. The molecule has 0 amide bonds. The molecular formula is C21H27N4O+. The summed E-state index contributed by atoms with van der Waals surface area (Å²) in [6, 6.07) is 10.7. The van der Waals surface area contributed by atoms with E-state index in [4.69, 9.17) is 4.98 Å². The van der Waals surface area contributed by atoms with Crippen LogP contribution in [0.25, 0.3) is 0 Å². The number of Topliss-reactive ketones (excluding diaryl/α,β-unsaturated/α-hetero) is 1. The van der Waals surface area contributed by atoms with Gasteiger partial charge in [0.1, 0.15) is 6.54 Å². The monoisotopic (exact) mass is 351 g/mol. The summed E-state index contributed by atoms with van der Waals surface area (Å²) in [5.41, 5.74) is 3.97. The van der Waals surface area contributed by atoms with Gasteiger partial charge in [-0.3, -0.25) is 4.79 Å². The number of hydrogen-bond acceptors (Lipinski definition) is 4. The molecule has 136 valence electrons. The van der Waals surface area contributed by atoms with E-state index >= 15 is 0 Å². The van der Waals surface area contributed by atoms with Gasteiger partial charge in [0.15, 0.2) is 5.78 Å². The van der Waals surface area contributed by atoms with Crippen molar-refractivity contribution in [2.45, 2.75) is 33.2 Å². The predicted molar refractivity (Wildman–Crippen MR) is 102 cm³/mol. The molecule has 1 N–H and O–H groups in total. The number of carbonyl (C=O) groups is 1. The molecule has 26 heavy (non-hydrogen) atoms. The van der Waals surface area contributed by atoms with Gasteiger partial charge in [0.2, 0.25) is 5.95 Å². The van der Waals surface area contributed by atoms with Crippen LogP contribution in [-0.4, -0.2) is 41.9 Å². The van der Waals surface area contributed by atoms with Gasteiger partial charge in [-0.1, -0.05) is 37.3 Å². The van der Waals surface area contributed by atoms with Crippen LogP contribution in [0.5, 0.6) is 0 Å². The summed E-state index contributed by atoms with van der Waals surface area (Å²) in [6.45, 7) is 9.25. The van der Waals surface area contributed by atoms with Crippen molar-refractivity contribution in [3.63, 3.8) is 0 Å². The summed E-state index contributed by atoms with van der Waals surface area (Å²) >= 11 is 0. The maximum absolute atomic E-state index is 12.3. The lowest BCUT2D eigenvalue weighted by Crippen LogP contribution is -3.13. The van der Waals surface area contributed by atoms with E-state index < -0.39 is 0 Å². The van der Waals surface area contributed by atoms with Crippen molar-refractivity contribution in [2.75, 3.05) is 31.1 Å². The number of nitrogens with one attached hydrogen (secondary N) is 1. The molecule has 0 unspecified atom stereocenters. The lowest BCUT2D eigenvalue weighted by molar-refractivity contribution is -0.914. The summed E-state index contributed by atoms with van der Waals surface area (Å²) < 4.78 is 0. The molecule has 5 nitrogen and oxygen atoms in total. The van der Waals surface area contributed by atoms with Crippen molar-refractivity contribution in [2.24, 2.45) is 5.92 Å². The van der Waals surface area contributed by atoms with Gasteiger partial charge in [-0.05, 0) is 19.3 Å². The van der Waals surface area contributed by atoms with E-state index in [-0.39, 0.29) is 5.78 Å². The van der Waals surface area contributed by atoms with Crippen LogP contribution >= 0.6 is 0 Å². The second-order valence-corrected chi connectivity index (χ2v) is 7.77. The zero-order chi connectivity index (χ0) is 18.1. The molecule has 1 aromatic heterocycles. The lowest BCUT2D eigenvalue weighted by Gasteiger charge is -2.33. The number of nitrogens with zero attached hydrogens (tertiary/aromatic N) is 3. The topological polar surface area (TPSA) is 50.5 Å². The molecule has 1 saturated heterocycles. The zero-order valence-electron chi connectivity index (χ0n) is 15.7. The molecular weight excluding hydrogens is 324 g/mol. The zero-order valence-corrected chi connectivity index (χ0v) is 15.7. The van der Waals surface area contributed by atoms with E-state index in [1.165, 1.54) is 5.56 Å². The minimum atomic E-state index is 0.208. The number of hydrogen-bond donors (Lipinski definition) is 1. The van der Waals surface area contributed by atoms with Gasteiger partial charge in [-0.25, -0.2) is 9.97 Å². The molecule has 0 saturated carbocycles. The van der Waals surface area contributed by atoms with Gasteiger partial charge < -0.3 is 9.80 Å². The Balaban J connectivity index is 1.45. The van der Waals surface area contributed by atoms with E-state index in [1.54, 1.807) is 4.90 Å². The first-order valence-corrected chi connectivity index (χ1v) is 9.63. The van der Waals surface area contributed by atoms with Gasteiger partial charge >= 0.3 is 0 Å². The Labute approximate surface area is 155 Å². The number of anilines is 1. The van der Waals surface area contributed by atoms with E-state index in [0.717, 1.165) is 62.0 Å². The van der Waals surface area contributed by atoms with Crippen LogP contribution in [0.4, 0.5) is 5.95 Å². The Morgan fingerprint density at radius 3 is 2.58 bits per heavy atom. The molecule has 2 aromatic rings. The Bertz CT molecular complexity index is 797. The van der Waals surface area contributed by atoms with Crippen LogP contribution in [0.3, 0.4) is 0 Å². The summed E-state index contributed by atoms with van der Waals surface area (Å²) in [4.78, 5) is 25.7. The highest BCUT2D eigenvalue weighted by molar-refractivity contribution is 5.99. The first-order chi connectivity index (χ1) is 12.6. The SMILES string of the molecule is Cc1nc(N2CC[NH+](Cc3ccccc3)CC2)nc2c1C(=O)C[C@H](C)C2. The van der Waals surface area contributed by atoms with Crippen molar-refractivity contribution >= 4 is 11.7 Å². The molecule has 0 radical (unpaired) electrons. The molecule has 1 aromatic carbocycles. The number of fused-ring (bicyclic) bond motifs is 1. The molecule has 1 aliphatic carbocycles. The lowest BCUT2D eigenvalue weighted by atomic mass is 9.86. The van der Waals surface area contributed by atoms with E-state index in [1.807, 2.05) is 6.92 Å². The summed E-state index contributed by atoms with van der Waals surface area (Å²) in [5.74, 6) is 1.39. The van der Waals surface area contributed by atoms with Crippen LogP contribution in [0.1, 0.15) is 40.7 Å². The van der Waals surface area contributed by atoms with Crippen LogP contribution < -0.4 is 9.80 Å². The van der Waals surface area contributed by atoms with Gasteiger partial charge in [0.25, 0.3) is 0 Å².